The third-order valence-corrected chi connectivity index (χ3v) is 4.31. The van der Waals surface area contributed by atoms with E-state index in [-0.39, 0.29) is 11.8 Å². The zero-order chi connectivity index (χ0) is 14.3. The number of carbonyl (C=O) groups excluding carboxylic acids is 1. The first kappa shape index (κ1) is 13.1. The molecule has 1 aromatic heterocycles. The van der Waals surface area contributed by atoms with Crippen LogP contribution in [0.2, 0.25) is 0 Å². The molecule has 108 valence electrons. The number of aromatic nitrogens is 2. The molecule has 2 heterocycles. The molecule has 20 heavy (non-hydrogen) atoms. The van der Waals surface area contributed by atoms with Crippen LogP contribution in [0.5, 0.6) is 0 Å². The first-order chi connectivity index (χ1) is 9.56. The smallest absolute Gasteiger partial charge is 0.220 e. The highest BCUT2D eigenvalue weighted by atomic mass is 16.1. The maximum absolute atomic E-state index is 11.2. The SMILES string of the molecule is Cc1c(N)nc(C2CC2)nc1N1CCC(C(N)=O)CC1. The molecule has 2 aliphatic rings. The van der Waals surface area contributed by atoms with Crippen LogP contribution in [0.3, 0.4) is 0 Å². The number of nitrogens with zero attached hydrogens (tertiary/aromatic N) is 3. The van der Waals surface area contributed by atoms with Crippen molar-refractivity contribution in [2.45, 2.75) is 38.5 Å². The molecule has 0 aromatic carbocycles. The Morgan fingerprint density at radius 1 is 1.20 bits per heavy atom. The van der Waals surface area contributed by atoms with E-state index in [0.29, 0.717) is 11.7 Å². The highest BCUT2D eigenvalue weighted by molar-refractivity contribution is 5.77. The zero-order valence-electron chi connectivity index (χ0n) is 11.8. The topological polar surface area (TPSA) is 98.1 Å². The number of primary amides is 1. The van der Waals surface area contributed by atoms with Crippen molar-refractivity contribution in [3.63, 3.8) is 0 Å². The largest absolute Gasteiger partial charge is 0.383 e. The van der Waals surface area contributed by atoms with Gasteiger partial charge in [0.1, 0.15) is 17.5 Å². The highest BCUT2D eigenvalue weighted by Gasteiger charge is 2.30. The van der Waals surface area contributed by atoms with E-state index in [1.807, 2.05) is 6.92 Å². The minimum atomic E-state index is -0.192. The summed E-state index contributed by atoms with van der Waals surface area (Å²) < 4.78 is 0. The van der Waals surface area contributed by atoms with E-state index in [4.69, 9.17) is 16.5 Å². The van der Waals surface area contributed by atoms with Gasteiger partial charge < -0.3 is 16.4 Å². The van der Waals surface area contributed by atoms with Gasteiger partial charge in [0.25, 0.3) is 0 Å². The highest BCUT2D eigenvalue weighted by Crippen LogP contribution is 2.40. The van der Waals surface area contributed by atoms with Gasteiger partial charge in [-0.3, -0.25) is 4.79 Å². The maximum atomic E-state index is 11.2. The predicted octanol–water partition coefficient (Wildman–Crippen LogP) is 0.946. The summed E-state index contributed by atoms with van der Waals surface area (Å²) in [6, 6.07) is 0. The minimum absolute atomic E-state index is 0.00589. The van der Waals surface area contributed by atoms with E-state index >= 15 is 0 Å². The number of piperidine rings is 1. The molecule has 6 nitrogen and oxygen atoms in total. The van der Waals surface area contributed by atoms with E-state index in [9.17, 15) is 4.79 Å². The molecule has 4 N–H and O–H groups in total. The Balaban J connectivity index is 1.81. The Morgan fingerprint density at radius 2 is 1.85 bits per heavy atom. The molecule has 0 bridgehead atoms. The third-order valence-electron chi connectivity index (χ3n) is 4.31. The number of hydrogen-bond acceptors (Lipinski definition) is 5. The lowest BCUT2D eigenvalue weighted by atomic mass is 9.96. The van der Waals surface area contributed by atoms with Crippen LogP contribution in [0.25, 0.3) is 0 Å². The van der Waals surface area contributed by atoms with Crippen molar-refractivity contribution in [1.82, 2.24) is 9.97 Å². The lowest BCUT2D eigenvalue weighted by molar-refractivity contribution is -0.122. The number of hydrogen-bond donors (Lipinski definition) is 2. The molecule has 6 heteroatoms. The first-order valence-electron chi connectivity index (χ1n) is 7.24. The average Bonchev–Trinajstić information content (AvgIpc) is 3.26. The van der Waals surface area contributed by atoms with Gasteiger partial charge in [-0.15, -0.1) is 0 Å². The van der Waals surface area contributed by atoms with E-state index < -0.39 is 0 Å². The second-order valence-electron chi connectivity index (χ2n) is 5.85. The standard InChI is InChI=1S/C14H21N5O/c1-8-11(15)17-13(10-2-3-10)18-14(8)19-6-4-9(5-7-19)12(16)20/h9-10H,2-7H2,1H3,(H2,16,20)(H2,15,17,18). The predicted molar refractivity (Wildman–Crippen MR) is 77.3 cm³/mol. The van der Waals surface area contributed by atoms with Crippen molar-refractivity contribution < 1.29 is 4.79 Å². The van der Waals surface area contributed by atoms with Crippen LogP contribution in [0, 0.1) is 12.8 Å². The van der Waals surface area contributed by atoms with E-state index in [1.165, 1.54) is 0 Å². The molecular weight excluding hydrogens is 254 g/mol. The summed E-state index contributed by atoms with van der Waals surface area (Å²) >= 11 is 0. The normalized spacial score (nSPS) is 20.1. The van der Waals surface area contributed by atoms with Crippen LogP contribution >= 0.6 is 0 Å². The molecule has 0 radical (unpaired) electrons. The van der Waals surface area contributed by atoms with Crippen molar-refractivity contribution in [1.29, 1.82) is 0 Å². The number of anilines is 2. The second-order valence-corrected chi connectivity index (χ2v) is 5.85. The summed E-state index contributed by atoms with van der Waals surface area (Å²) in [6.07, 6.45) is 3.90. The quantitative estimate of drug-likeness (QED) is 0.855. The number of rotatable bonds is 3. The minimum Gasteiger partial charge on any atom is -0.383 e. The second kappa shape index (κ2) is 4.92. The molecule has 0 atom stereocenters. The van der Waals surface area contributed by atoms with E-state index in [0.717, 1.165) is 56.0 Å². The first-order valence-corrected chi connectivity index (χ1v) is 7.24. The van der Waals surface area contributed by atoms with Gasteiger partial charge in [0, 0.05) is 30.5 Å². The van der Waals surface area contributed by atoms with Crippen LogP contribution in [0.1, 0.15) is 43.0 Å². The summed E-state index contributed by atoms with van der Waals surface area (Å²) in [4.78, 5) is 22.5. The number of carbonyl (C=O) groups is 1. The molecule has 3 rings (SSSR count). The van der Waals surface area contributed by atoms with Gasteiger partial charge in [-0.1, -0.05) is 0 Å². The van der Waals surface area contributed by atoms with Crippen molar-refractivity contribution in [2.75, 3.05) is 23.7 Å². The van der Waals surface area contributed by atoms with Gasteiger partial charge in [-0.05, 0) is 32.6 Å². The Bertz CT molecular complexity index is 533. The molecule has 0 spiro atoms. The van der Waals surface area contributed by atoms with Gasteiger partial charge >= 0.3 is 0 Å². The number of amides is 1. The van der Waals surface area contributed by atoms with Crippen LogP contribution in [-0.4, -0.2) is 29.0 Å². The molecule has 2 fully saturated rings. The van der Waals surface area contributed by atoms with Gasteiger partial charge in [-0.2, -0.15) is 0 Å². The summed E-state index contributed by atoms with van der Waals surface area (Å²) in [7, 11) is 0. The molecule has 1 aliphatic carbocycles. The van der Waals surface area contributed by atoms with Crippen molar-refractivity contribution in [2.24, 2.45) is 11.7 Å². The summed E-state index contributed by atoms with van der Waals surface area (Å²) in [5.74, 6) is 2.67. The maximum Gasteiger partial charge on any atom is 0.220 e. The Kier molecular flexibility index (Phi) is 3.23. The van der Waals surface area contributed by atoms with Gasteiger partial charge in [-0.25, -0.2) is 9.97 Å². The van der Waals surface area contributed by atoms with Gasteiger partial charge in [0.15, 0.2) is 0 Å². The van der Waals surface area contributed by atoms with Crippen molar-refractivity contribution >= 4 is 17.5 Å². The van der Waals surface area contributed by atoms with E-state index in [1.54, 1.807) is 0 Å². The molecule has 1 saturated heterocycles. The van der Waals surface area contributed by atoms with Crippen molar-refractivity contribution in [3.8, 4) is 0 Å². The summed E-state index contributed by atoms with van der Waals surface area (Å²) in [5.41, 5.74) is 12.3. The molecule has 1 aliphatic heterocycles. The monoisotopic (exact) mass is 275 g/mol. The summed E-state index contributed by atoms with van der Waals surface area (Å²) in [5, 5.41) is 0. The lowest BCUT2D eigenvalue weighted by Gasteiger charge is -2.32. The average molecular weight is 275 g/mol. The Labute approximate surface area is 118 Å². The fourth-order valence-corrected chi connectivity index (χ4v) is 2.75. The van der Waals surface area contributed by atoms with Crippen LogP contribution in [0.15, 0.2) is 0 Å². The fourth-order valence-electron chi connectivity index (χ4n) is 2.75. The van der Waals surface area contributed by atoms with Gasteiger partial charge in [0.05, 0.1) is 0 Å². The van der Waals surface area contributed by atoms with Crippen LogP contribution < -0.4 is 16.4 Å². The molecule has 1 amide bonds. The number of nitrogen functional groups attached to an aromatic ring is 1. The summed E-state index contributed by atoms with van der Waals surface area (Å²) in [6.45, 7) is 3.56. The van der Waals surface area contributed by atoms with Crippen LogP contribution in [-0.2, 0) is 4.79 Å². The fraction of sp³-hybridized carbons (Fsp3) is 0.643. The third kappa shape index (κ3) is 2.42. The molecule has 1 saturated carbocycles. The lowest BCUT2D eigenvalue weighted by Crippen LogP contribution is -2.39. The van der Waals surface area contributed by atoms with Crippen LogP contribution in [0.4, 0.5) is 11.6 Å². The molecule has 1 aromatic rings. The van der Waals surface area contributed by atoms with Gasteiger partial charge in [0.2, 0.25) is 5.91 Å². The molecule has 0 unspecified atom stereocenters. The number of nitrogens with two attached hydrogens (primary N) is 2. The zero-order valence-corrected chi connectivity index (χ0v) is 11.8. The van der Waals surface area contributed by atoms with Crippen molar-refractivity contribution in [3.05, 3.63) is 11.4 Å². The Hall–Kier alpha value is -1.85. The molecular formula is C14H21N5O. The van der Waals surface area contributed by atoms with E-state index in [2.05, 4.69) is 9.88 Å². The Morgan fingerprint density at radius 3 is 2.40 bits per heavy atom.